The summed E-state index contributed by atoms with van der Waals surface area (Å²) in [6.45, 7) is 0.191. The Morgan fingerprint density at radius 3 is 3.11 bits per heavy atom. The molecule has 7 nitrogen and oxygen atoms in total. The van der Waals surface area contributed by atoms with Crippen LogP contribution in [0.15, 0.2) is 29.2 Å². The van der Waals surface area contributed by atoms with Gasteiger partial charge in [-0.1, -0.05) is 5.16 Å². The van der Waals surface area contributed by atoms with Gasteiger partial charge >= 0.3 is 0 Å². The van der Waals surface area contributed by atoms with Crippen LogP contribution in [-0.2, 0) is 6.54 Å². The number of thiophene rings is 1. The van der Waals surface area contributed by atoms with E-state index in [1.807, 2.05) is 6.07 Å². The summed E-state index contributed by atoms with van der Waals surface area (Å²) in [4.78, 5) is 20.5. The van der Waals surface area contributed by atoms with Gasteiger partial charge in [-0.15, -0.1) is 11.3 Å². The fraction of sp³-hybridized carbons (Fsp3) is 0.0909. The first-order chi connectivity index (χ1) is 9.25. The smallest absolute Gasteiger partial charge is 0.263 e. The molecular formula is C11H9N5O2S. The second-order valence-electron chi connectivity index (χ2n) is 3.73. The number of nitrogens with zero attached hydrogens (tertiary/aromatic N) is 3. The number of nitrogens with two attached hydrogens (primary N) is 1. The number of carbonyl (C=O) groups is 1. The molecule has 0 bridgehead atoms. The SMILES string of the molecule is Nc1c(C(=O)NCc2ncon2)sc2cccnc12. The molecule has 0 aliphatic carbocycles. The molecule has 0 aliphatic rings. The van der Waals surface area contributed by atoms with E-state index in [1.54, 1.807) is 12.3 Å². The van der Waals surface area contributed by atoms with E-state index in [0.717, 1.165) is 4.70 Å². The Bertz CT molecular complexity index is 722. The van der Waals surface area contributed by atoms with Crippen LogP contribution in [0.3, 0.4) is 0 Å². The summed E-state index contributed by atoms with van der Waals surface area (Å²) >= 11 is 1.31. The first-order valence-electron chi connectivity index (χ1n) is 5.42. The molecule has 96 valence electrons. The van der Waals surface area contributed by atoms with Crippen molar-refractivity contribution in [2.24, 2.45) is 0 Å². The summed E-state index contributed by atoms with van der Waals surface area (Å²) < 4.78 is 5.46. The van der Waals surface area contributed by atoms with Crippen molar-refractivity contribution >= 4 is 33.1 Å². The number of nitrogen functional groups attached to an aromatic ring is 1. The number of hydrogen-bond acceptors (Lipinski definition) is 7. The molecule has 0 fully saturated rings. The number of anilines is 1. The average molecular weight is 275 g/mol. The van der Waals surface area contributed by atoms with Crippen LogP contribution < -0.4 is 11.1 Å². The Kier molecular flexibility index (Phi) is 2.84. The lowest BCUT2D eigenvalue weighted by Crippen LogP contribution is -2.23. The fourth-order valence-corrected chi connectivity index (χ4v) is 2.62. The van der Waals surface area contributed by atoms with Crippen molar-refractivity contribution in [3.63, 3.8) is 0 Å². The van der Waals surface area contributed by atoms with Crippen LogP contribution in [0, 0.1) is 0 Å². The van der Waals surface area contributed by atoms with Crippen molar-refractivity contribution < 1.29 is 9.32 Å². The topological polar surface area (TPSA) is 107 Å². The molecule has 0 unspecified atom stereocenters. The molecule has 3 aromatic heterocycles. The van der Waals surface area contributed by atoms with Gasteiger partial charge in [0.15, 0.2) is 5.82 Å². The first-order valence-corrected chi connectivity index (χ1v) is 6.24. The number of hydrogen-bond donors (Lipinski definition) is 2. The number of pyridine rings is 1. The van der Waals surface area contributed by atoms with E-state index in [4.69, 9.17) is 5.73 Å². The van der Waals surface area contributed by atoms with E-state index in [2.05, 4.69) is 25.0 Å². The first kappa shape index (κ1) is 11.6. The van der Waals surface area contributed by atoms with Crippen molar-refractivity contribution in [3.05, 3.63) is 35.4 Å². The summed E-state index contributed by atoms with van der Waals surface area (Å²) in [6.07, 6.45) is 2.85. The summed E-state index contributed by atoms with van der Waals surface area (Å²) in [5.41, 5.74) is 6.97. The van der Waals surface area contributed by atoms with Crippen LogP contribution in [-0.4, -0.2) is 21.0 Å². The molecule has 3 aromatic rings. The van der Waals surface area contributed by atoms with E-state index in [1.165, 1.54) is 17.7 Å². The van der Waals surface area contributed by atoms with Gasteiger partial charge in [0.05, 0.1) is 16.9 Å². The molecule has 0 saturated carbocycles. The molecule has 19 heavy (non-hydrogen) atoms. The number of nitrogens with one attached hydrogen (secondary N) is 1. The van der Waals surface area contributed by atoms with Crippen LogP contribution in [0.4, 0.5) is 5.69 Å². The number of fused-ring (bicyclic) bond motifs is 1. The minimum Gasteiger partial charge on any atom is -0.396 e. The highest BCUT2D eigenvalue weighted by atomic mass is 32.1. The van der Waals surface area contributed by atoms with Gasteiger partial charge in [-0.2, -0.15) is 4.98 Å². The average Bonchev–Trinajstić information content (AvgIpc) is 3.05. The van der Waals surface area contributed by atoms with Crippen LogP contribution in [0.1, 0.15) is 15.5 Å². The molecule has 0 radical (unpaired) electrons. The van der Waals surface area contributed by atoms with Crippen molar-refractivity contribution in [3.8, 4) is 0 Å². The number of carbonyl (C=O) groups excluding carboxylic acids is 1. The molecule has 0 spiro atoms. The van der Waals surface area contributed by atoms with Gasteiger partial charge in [0.25, 0.3) is 5.91 Å². The maximum Gasteiger partial charge on any atom is 0.263 e. The third-order valence-electron chi connectivity index (χ3n) is 2.50. The predicted octanol–water partition coefficient (Wildman–Crippen LogP) is 1.19. The van der Waals surface area contributed by atoms with Crippen LogP contribution >= 0.6 is 11.3 Å². The molecule has 3 N–H and O–H groups in total. The number of rotatable bonds is 3. The Morgan fingerprint density at radius 1 is 1.47 bits per heavy atom. The van der Waals surface area contributed by atoms with Gasteiger partial charge < -0.3 is 15.6 Å². The van der Waals surface area contributed by atoms with E-state index in [0.29, 0.717) is 21.9 Å². The Morgan fingerprint density at radius 2 is 2.37 bits per heavy atom. The fourth-order valence-electron chi connectivity index (χ4n) is 1.63. The van der Waals surface area contributed by atoms with E-state index in [-0.39, 0.29) is 12.5 Å². The normalized spacial score (nSPS) is 10.7. The summed E-state index contributed by atoms with van der Waals surface area (Å²) in [7, 11) is 0. The molecule has 0 aliphatic heterocycles. The lowest BCUT2D eigenvalue weighted by atomic mass is 10.3. The zero-order chi connectivity index (χ0) is 13.2. The maximum atomic E-state index is 12.0. The van der Waals surface area contributed by atoms with Gasteiger partial charge in [0, 0.05) is 6.20 Å². The molecule has 3 rings (SSSR count). The predicted molar refractivity (Wildman–Crippen MR) is 69.5 cm³/mol. The van der Waals surface area contributed by atoms with Crippen LogP contribution in [0.25, 0.3) is 10.2 Å². The monoisotopic (exact) mass is 275 g/mol. The molecule has 0 aromatic carbocycles. The third-order valence-corrected chi connectivity index (χ3v) is 3.66. The van der Waals surface area contributed by atoms with Gasteiger partial charge in [0.1, 0.15) is 10.4 Å². The minimum absolute atomic E-state index is 0.191. The minimum atomic E-state index is -0.273. The quantitative estimate of drug-likeness (QED) is 0.743. The maximum absolute atomic E-state index is 12.0. The van der Waals surface area contributed by atoms with Crippen molar-refractivity contribution in [2.75, 3.05) is 5.73 Å². The second kappa shape index (κ2) is 4.65. The highest BCUT2D eigenvalue weighted by Crippen LogP contribution is 2.31. The van der Waals surface area contributed by atoms with Gasteiger partial charge in [-0.3, -0.25) is 9.78 Å². The standard InChI is InChI=1S/C11H9N5O2S/c12-8-9-6(2-1-3-13-9)19-10(8)11(17)14-4-7-15-5-18-16-7/h1-3,5H,4,12H2,(H,14,17). The number of aromatic nitrogens is 3. The van der Waals surface area contributed by atoms with Crippen molar-refractivity contribution in [1.29, 1.82) is 0 Å². The molecular weight excluding hydrogens is 266 g/mol. The highest BCUT2D eigenvalue weighted by Gasteiger charge is 2.17. The Balaban J connectivity index is 1.83. The van der Waals surface area contributed by atoms with Crippen molar-refractivity contribution in [1.82, 2.24) is 20.4 Å². The molecule has 0 atom stereocenters. The zero-order valence-electron chi connectivity index (χ0n) is 9.66. The molecule has 8 heteroatoms. The second-order valence-corrected chi connectivity index (χ2v) is 4.78. The van der Waals surface area contributed by atoms with Gasteiger partial charge in [0.2, 0.25) is 6.39 Å². The van der Waals surface area contributed by atoms with Crippen molar-refractivity contribution in [2.45, 2.75) is 6.54 Å². The van der Waals surface area contributed by atoms with Crippen LogP contribution in [0.5, 0.6) is 0 Å². The molecule has 3 heterocycles. The number of amides is 1. The summed E-state index contributed by atoms with van der Waals surface area (Å²) in [5.74, 6) is 0.136. The molecule has 1 amide bonds. The highest BCUT2D eigenvalue weighted by molar-refractivity contribution is 7.21. The van der Waals surface area contributed by atoms with E-state index in [9.17, 15) is 4.79 Å². The van der Waals surface area contributed by atoms with Crippen LogP contribution in [0.2, 0.25) is 0 Å². The lowest BCUT2D eigenvalue weighted by molar-refractivity contribution is 0.0954. The lowest BCUT2D eigenvalue weighted by Gasteiger charge is -2.00. The van der Waals surface area contributed by atoms with Gasteiger partial charge in [-0.25, -0.2) is 0 Å². The zero-order valence-corrected chi connectivity index (χ0v) is 10.5. The largest absolute Gasteiger partial charge is 0.396 e. The van der Waals surface area contributed by atoms with Gasteiger partial charge in [-0.05, 0) is 12.1 Å². The van der Waals surface area contributed by atoms with E-state index < -0.39 is 0 Å². The molecule has 0 saturated heterocycles. The van der Waals surface area contributed by atoms with E-state index >= 15 is 0 Å². The third kappa shape index (κ3) is 2.13. The Hall–Kier alpha value is -2.48. The Labute approximate surface area is 111 Å². The summed E-state index contributed by atoms with van der Waals surface area (Å²) in [5, 5.41) is 6.29. The summed E-state index contributed by atoms with van der Waals surface area (Å²) in [6, 6.07) is 3.68.